The molecule has 16 heteroatoms. The molecule has 3 aromatic carbocycles. The molecule has 1 amide bonds. The lowest BCUT2D eigenvalue weighted by atomic mass is 9.72. The van der Waals surface area contributed by atoms with Gasteiger partial charge in [0.1, 0.15) is 22.8 Å². The summed E-state index contributed by atoms with van der Waals surface area (Å²) in [6.45, 7) is 8.67. The van der Waals surface area contributed by atoms with Gasteiger partial charge in [0.2, 0.25) is 0 Å². The smallest absolute Gasteiger partial charge is 0.293 e. The van der Waals surface area contributed by atoms with E-state index in [2.05, 4.69) is 61.1 Å². The Labute approximate surface area is 379 Å². The zero-order valence-electron chi connectivity index (χ0n) is 36.2. The molecular formula is C48H55ClN8O6S. The third kappa shape index (κ3) is 10.2. The van der Waals surface area contributed by atoms with Crippen molar-refractivity contribution in [3.05, 3.63) is 117 Å². The molecule has 3 heterocycles. The predicted molar refractivity (Wildman–Crippen MR) is 251 cm³/mol. The zero-order valence-corrected chi connectivity index (χ0v) is 37.8. The van der Waals surface area contributed by atoms with Gasteiger partial charge in [-0.15, -0.1) is 0 Å². The van der Waals surface area contributed by atoms with Gasteiger partial charge in [-0.2, -0.15) is 0 Å². The minimum Gasteiger partial charge on any atom is -0.455 e. The third-order valence-corrected chi connectivity index (χ3v) is 14.8. The van der Waals surface area contributed by atoms with Crippen molar-refractivity contribution >= 4 is 61.2 Å². The van der Waals surface area contributed by atoms with Crippen molar-refractivity contribution < 1.29 is 22.9 Å². The molecule has 4 N–H and O–H groups in total. The maximum absolute atomic E-state index is 14.0. The highest BCUT2D eigenvalue weighted by atomic mass is 35.5. The van der Waals surface area contributed by atoms with E-state index in [0.29, 0.717) is 23.5 Å². The Bertz CT molecular complexity index is 2680. The maximum atomic E-state index is 14.0. The summed E-state index contributed by atoms with van der Waals surface area (Å²) >= 11 is 6.25. The average molecular weight is 908 g/mol. The van der Waals surface area contributed by atoms with Crippen LogP contribution in [0.3, 0.4) is 0 Å². The number of nitro benzene ring substituents is 1. The maximum Gasteiger partial charge on any atom is 0.293 e. The summed E-state index contributed by atoms with van der Waals surface area (Å²) in [6, 6.07) is 21.7. The normalized spacial score (nSPS) is 20.6. The Kier molecular flexibility index (Phi) is 12.4. The molecule has 9 rings (SSSR count). The lowest BCUT2D eigenvalue weighted by Gasteiger charge is -2.39. The number of rotatable bonds is 14. The number of sulfonamides is 1. The number of benzene rings is 3. The number of aromatic amines is 1. The van der Waals surface area contributed by atoms with Crippen LogP contribution in [0.2, 0.25) is 5.02 Å². The second-order valence-corrected chi connectivity index (χ2v) is 20.7. The van der Waals surface area contributed by atoms with Crippen LogP contribution in [0.4, 0.5) is 17.1 Å². The molecule has 3 fully saturated rings. The van der Waals surface area contributed by atoms with Crippen LogP contribution in [-0.2, 0) is 10.0 Å². The molecule has 0 bridgehead atoms. The molecule has 0 atom stereocenters. The summed E-state index contributed by atoms with van der Waals surface area (Å²) in [4.78, 5) is 37.5. The monoisotopic (exact) mass is 906 g/mol. The first-order valence-electron chi connectivity index (χ1n) is 22.3. The van der Waals surface area contributed by atoms with Crippen LogP contribution >= 0.6 is 11.6 Å². The Morgan fingerprint density at radius 2 is 1.66 bits per heavy atom. The van der Waals surface area contributed by atoms with E-state index < -0.39 is 25.7 Å². The zero-order chi connectivity index (χ0) is 44.6. The number of aromatic nitrogens is 2. The highest BCUT2D eigenvalue weighted by Gasteiger charge is 2.32. The second-order valence-electron chi connectivity index (χ2n) is 18.6. The van der Waals surface area contributed by atoms with Gasteiger partial charge in [-0.25, -0.2) is 18.1 Å². The number of nitro groups is 1. The number of piperazine rings is 1. The topological polar surface area (TPSA) is 175 Å². The van der Waals surface area contributed by atoms with E-state index >= 15 is 0 Å². The molecule has 336 valence electrons. The van der Waals surface area contributed by atoms with Crippen molar-refractivity contribution in [2.45, 2.75) is 94.7 Å². The second kappa shape index (κ2) is 18.2. The van der Waals surface area contributed by atoms with E-state index in [1.807, 2.05) is 18.2 Å². The van der Waals surface area contributed by atoms with Gasteiger partial charge in [-0.3, -0.25) is 19.8 Å². The summed E-state index contributed by atoms with van der Waals surface area (Å²) in [5.41, 5.74) is 5.67. The van der Waals surface area contributed by atoms with Crippen LogP contribution in [0.1, 0.15) is 87.6 Å². The molecule has 2 aromatic heterocycles. The lowest BCUT2D eigenvalue weighted by Crippen LogP contribution is -2.47. The number of pyridine rings is 1. The standard InChI is InChI=1S/C48H55ClN8O6S/c1-48(2)19-17-33(42(28-48)31-3-5-34(49)6-4-31)30-55-21-23-56(24-22-55)38-13-15-41(45(26-38)63-39-25-32-18-20-50-46(32)51-29-39)47(58)54-64(61,62)40-14-16-43(44(27-40)57(59)60)53-37-11-9-36(10-12-37)52-35-7-8-35/h3-6,13-16,18,20,25-27,29,35-37,52-53H,7-12,17,19,21-24,28,30H2,1-2H3,(H,50,51)(H,54,58)/t36-,37+. The minimum absolute atomic E-state index is 0.0255. The highest BCUT2D eigenvalue weighted by Crippen LogP contribution is 2.44. The Morgan fingerprint density at radius 1 is 0.938 bits per heavy atom. The van der Waals surface area contributed by atoms with Gasteiger partial charge >= 0.3 is 0 Å². The number of anilines is 2. The summed E-state index contributed by atoms with van der Waals surface area (Å²) < 4.78 is 36.1. The Hall–Kier alpha value is -5.48. The lowest BCUT2D eigenvalue weighted by molar-refractivity contribution is -0.384. The van der Waals surface area contributed by atoms with Gasteiger partial charge in [0, 0.05) is 85.3 Å². The molecule has 64 heavy (non-hydrogen) atoms. The summed E-state index contributed by atoms with van der Waals surface area (Å²) in [7, 11) is -4.55. The number of halogens is 1. The number of ether oxygens (including phenoxy) is 1. The fourth-order valence-corrected chi connectivity index (χ4v) is 10.5. The number of carbonyl (C=O) groups excluding carboxylic acids is 1. The van der Waals surface area contributed by atoms with E-state index in [1.54, 1.807) is 30.5 Å². The number of nitrogens with zero attached hydrogens (tertiary/aromatic N) is 4. The molecule has 3 aliphatic carbocycles. The molecule has 4 aliphatic rings. The van der Waals surface area contributed by atoms with Crippen LogP contribution in [0.25, 0.3) is 16.6 Å². The number of hydrogen-bond donors (Lipinski definition) is 4. The number of amides is 1. The number of nitrogens with one attached hydrogen (secondary N) is 4. The van der Waals surface area contributed by atoms with Crippen molar-refractivity contribution in [3.8, 4) is 11.5 Å². The summed E-state index contributed by atoms with van der Waals surface area (Å²) in [5.74, 6) is -0.443. The van der Waals surface area contributed by atoms with Crippen LogP contribution in [-0.4, -0.2) is 85.0 Å². The van der Waals surface area contributed by atoms with E-state index in [1.165, 1.54) is 47.9 Å². The Morgan fingerprint density at radius 3 is 2.38 bits per heavy atom. The molecular weight excluding hydrogens is 852 g/mol. The number of H-pyrrole nitrogens is 1. The molecule has 0 unspecified atom stereocenters. The summed E-state index contributed by atoms with van der Waals surface area (Å²) in [6.07, 6.45) is 12.6. The fourth-order valence-electron chi connectivity index (χ4n) is 9.38. The first-order chi connectivity index (χ1) is 30.7. The van der Waals surface area contributed by atoms with Crippen molar-refractivity contribution in [1.82, 2.24) is 24.9 Å². The Balaban J connectivity index is 0.912. The average Bonchev–Trinajstić information content (AvgIpc) is 3.97. The molecule has 1 saturated heterocycles. The molecule has 2 saturated carbocycles. The van der Waals surface area contributed by atoms with E-state index in [9.17, 15) is 23.3 Å². The van der Waals surface area contributed by atoms with Gasteiger partial charge < -0.3 is 25.3 Å². The van der Waals surface area contributed by atoms with Crippen LogP contribution < -0.4 is 25.0 Å². The van der Waals surface area contributed by atoms with Gasteiger partial charge in [0.25, 0.3) is 21.6 Å². The number of carbonyl (C=O) groups is 1. The van der Waals surface area contributed by atoms with Gasteiger partial charge in [-0.1, -0.05) is 43.2 Å². The fraction of sp³-hybridized carbons (Fsp3) is 0.417. The molecule has 1 aliphatic heterocycles. The quantitative estimate of drug-likeness (QED) is 0.0618. The molecule has 0 radical (unpaired) electrons. The molecule has 5 aromatic rings. The van der Waals surface area contributed by atoms with E-state index in [4.69, 9.17) is 16.3 Å². The molecule has 14 nitrogen and oxygen atoms in total. The SMILES string of the molecule is CC1(C)CCC(CN2CCN(c3ccc(C(=O)NS(=O)(=O)c4ccc(N[C@H]5CC[C@@H](NC6CC6)CC5)c([N+](=O)[O-])c4)c(Oc4cnc5[nH]ccc5c4)c3)CC2)=C(c2ccc(Cl)cc2)C1. The van der Waals surface area contributed by atoms with E-state index in [0.717, 1.165) is 99.8 Å². The first kappa shape index (κ1) is 43.8. The molecule has 0 spiro atoms. The highest BCUT2D eigenvalue weighted by molar-refractivity contribution is 7.90. The van der Waals surface area contributed by atoms with Crippen LogP contribution in [0, 0.1) is 15.5 Å². The van der Waals surface area contributed by atoms with Gasteiger partial charge in [-0.05, 0) is 123 Å². The predicted octanol–water partition coefficient (Wildman–Crippen LogP) is 9.30. The number of allylic oxidation sites excluding steroid dienone is 1. The summed E-state index contributed by atoms with van der Waals surface area (Å²) in [5, 5.41) is 20.7. The van der Waals surface area contributed by atoms with Gasteiger partial charge in [0.05, 0.1) is 21.6 Å². The number of fused-ring (bicyclic) bond motifs is 1. The van der Waals surface area contributed by atoms with Crippen molar-refractivity contribution in [2.24, 2.45) is 5.41 Å². The first-order valence-corrected chi connectivity index (χ1v) is 24.2. The van der Waals surface area contributed by atoms with Crippen LogP contribution in [0.15, 0.2) is 95.7 Å². The van der Waals surface area contributed by atoms with Gasteiger partial charge in [0.15, 0.2) is 0 Å². The third-order valence-electron chi connectivity index (χ3n) is 13.2. The number of hydrogen-bond acceptors (Lipinski definition) is 11. The minimum atomic E-state index is -4.55. The largest absolute Gasteiger partial charge is 0.455 e. The van der Waals surface area contributed by atoms with Crippen molar-refractivity contribution in [1.29, 1.82) is 0 Å². The van der Waals surface area contributed by atoms with Crippen LogP contribution in [0.5, 0.6) is 11.5 Å². The van der Waals surface area contributed by atoms with Crippen molar-refractivity contribution in [3.63, 3.8) is 0 Å². The van der Waals surface area contributed by atoms with E-state index in [-0.39, 0.29) is 34.1 Å². The van der Waals surface area contributed by atoms with Crippen molar-refractivity contribution in [2.75, 3.05) is 42.9 Å².